The van der Waals surface area contributed by atoms with Gasteiger partial charge in [-0.25, -0.2) is 0 Å². The maximum atomic E-state index is 12.7. The highest BCUT2D eigenvalue weighted by molar-refractivity contribution is 5.80. The molecule has 0 rings (SSSR count). The first-order valence-corrected chi connectivity index (χ1v) is 36.2. The van der Waals surface area contributed by atoms with Crippen molar-refractivity contribution in [3.8, 4) is 0 Å². The highest BCUT2D eigenvalue weighted by Gasteiger charge is 2.28. The highest BCUT2D eigenvalue weighted by Crippen LogP contribution is 2.20. The van der Waals surface area contributed by atoms with Gasteiger partial charge in [-0.3, -0.25) is 4.79 Å². The summed E-state index contributed by atoms with van der Waals surface area (Å²) in [6.45, 7) is 4.10. The molecule has 1 amide bonds. The summed E-state index contributed by atoms with van der Waals surface area (Å²) in [7, 11) is 0. The Morgan fingerprint density at radius 2 is 0.519 bits per heavy atom. The number of aliphatic hydroxyl groups is 4. The van der Waals surface area contributed by atoms with Gasteiger partial charge in [0, 0.05) is 0 Å². The first-order valence-electron chi connectivity index (χ1n) is 36.2. The lowest BCUT2D eigenvalue weighted by Crippen LogP contribution is -2.53. The Labute approximate surface area is 495 Å². The zero-order valence-electron chi connectivity index (χ0n) is 53.7. The molecule has 0 aromatic rings. The third-order valence-electron chi connectivity index (χ3n) is 17.4. The summed E-state index contributed by atoms with van der Waals surface area (Å²) in [6, 6.07) is -1.00. The second kappa shape index (κ2) is 67.6. The van der Waals surface area contributed by atoms with Crippen molar-refractivity contribution in [3.05, 3.63) is 24.3 Å². The zero-order valence-corrected chi connectivity index (χ0v) is 53.7. The molecule has 0 aliphatic rings. The van der Waals surface area contributed by atoms with Gasteiger partial charge in [-0.2, -0.15) is 0 Å². The Balaban J connectivity index is 3.54. The van der Waals surface area contributed by atoms with Crippen LogP contribution in [0.3, 0.4) is 0 Å². The Bertz CT molecular complexity index is 1210. The fraction of sp³-hybridized carbons (Fsp3) is 0.932. The summed E-state index contributed by atoms with van der Waals surface area (Å²) in [6.07, 6.45) is 86.1. The van der Waals surface area contributed by atoms with Gasteiger partial charge in [0.05, 0.1) is 18.8 Å². The van der Waals surface area contributed by atoms with E-state index in [0.717, 1.165) is 38.5 Å². The molecule has 0 spiro atoms. The quantitative estimate of drug-likeness (QED) is 0.0308. The number of amides is 1. The van der Waals surface area contributed by atoms with Crippen molar-refractivity contribution < 1.29 is 25.2 Å². The zero-order chi connectivity index (χ0) is 57.3. The SMILES string of the molecule is CCCCCCCCCCCCCCCC/C=C\CCCCCCCCCCCCCCCCCCC(O)C(=O)NC(CO)C(O)C(O)CCC/C=C/CCCCCCCCCCCCCCCCCCCCCCCCCC. The van der Waals surface area contributed by atoms with E-state index in [2.05, 4.69) is 43.5 Å². The van der Waals surface area contributed by atoms with Crippen molar-refractivity contribution in [2.75, 3.05) is 6.61 Å². The molecule has 470 valence electrons. The molecular formula is C73H143NO5. The standard InChI is InChI=1S/C73H143NO5/c1-3-5-7-9-11-13-15-17-19-21-23-25-27-29-31-33-34-35-36-37-39-41-43-45-47-49-51-53-55-57-59-61-63-65-67-71(77)73(79)74-69(68-75)72(78)70(76)66-64-62-60-58-56-54-52-50-48-46-44-42-40-38-32-30-28-26-24-22-20-18-16-14-12-10-8-6-4-2/h33-34,58,60,69-72,75-78H,3-32,35-57,59,61-68H2,1-2H3,(H,74,79)/b34-33-,60-58+. The predicted octanol–water partition coefficient (Wildman–Crippen LogP) is 22.5. The first-order chi connectivity index (χ1) is 39.0. The van der Waals surface area contributed by atoms with E-state index in [9.17, 15) is 25.2 Å². The third-order valence-corrected chi connectivity index (χ3v) is 17.4. The Kier molecular flexibility index (Phi) is 66.5. The minimum Gasteiger partial charge on any atom is -0.394 e. The Morgan fingerprint density at radius 3 is 0.759 bits per heavy atom. The van der Waals surface area contributed by atoms with E-state index in [1.807, 2.05) is 0 Å². The maximum absolute atomic E-state index is 12.7. The van der Waals surface area contributed by atoms with Crippen molar-refractivity contribution in [2.45, 2.75) is 430 Å². The van der Waals surface area contributed by atoms with Crippen LogP contribution in [0.1, 0.15) is 406 Å². The van der Waals surface area contributed by atoms with Crippen LogP contribution in [0.5, 0.6) is 0 Å². The lowest BCUT2D eigenvalue weighted by molar-refractivity contribution is -0.132. The largest absolute Gasteiger partial charge is 0.394 e. The lowest BCUT2D eigenvalue weighted by atomic mass is 10.00. The number of unbranched alkanes of at least 4 members (excludes halogenated alkanes) is 55. The molecular weight excluding hydrogens is 971 g/mol. The van der Waals surface area contributed by atoms with E-state index in [1.54, 1.807) is 0 Å². The molecule has 0 saturated heterocycles. The molecule has 6 heteroatoms. The number of hydrogen-bond donors (Lipinski definition) is 5. The highest BCUT2D eigenvalue weighted by atomic mass is 16.3. The summed E-state index contributed by atoms with van der Waals surface area (Å²) < 4.78 is 0. The van der Waals surface area contributed by atoms with E-state index in [1.165, 1.54) is 340 Å². The monoisotopic (exact) mass is 1110 g/mol. The van der Waals surface area contributed by atoms with Crippen LogP contribution in [-0.4, -0.2) is 57.3 Å². The number of carbonyl (C=O) groups is 1. The summed E-state index contributed by atoms with van der Waals surface area (Å²) in [5, 5.41) is 44.2. The fourth-order valence-electron chi connectivity index (χ4n) is 11.8. The third kappa shape index (κ3) is 61.2. The van der Waals surface area contributed by atoms with Gasteiger partial charge in [0.25, 0.3) is 0 Å². The van der Waals surface area contributed by atoms with Crippen molar-refractivity contribution >= 4 is 5.91 Å². The van der Waals surface area contributed by atoms with Crippen LogP contribution in [0.2, 0.25) is 0 Å². The molecule has 0 aliphatic heterocycles. The topological polar surface area (TPSA) is 110 Å². The average molecular weight is 1110 g/mol. The smallest absolute Gasteiger partial charge is 0.249 e. The van der Waals surface area contributed by atoms with Crippen LogP contribution in [0.4, 0.5) is 0 Å². The minimum absolute atomic E-state index is 0.367. The van der Waals surface area contributed by atoms with Gasteiger partial charge in [0.1, 0.15) is 12.2 Å². The Hall–Kier alpha value is -1.21. The van der Waals surface area contributed by atoms with Crippen molar-refractivity contribution in [1.29, 1.82) is 0 Å². The van der Waals surface area contributed by atoms with E-state index in [-0.39, 0.29) is 0 Å². The number of rotatable bonds is 68. The van der Waals surface area contributed by atoms with Crippen LogP contribution < -0.4 is 5.32 Å². The molecule has 0 fully saturated rings. The molecule has 6 nitrogen and oxygen atoms in total. The summed E-state index contributed by atoms with van der Waals surface area (Å²) >= 11 is 0. The van der Waals surface area contributed by atoms with Gasteiger partial charge in [0.2, 0.25) is 5.91 Å². The molecule has 0 aromatic carbocycles. The van der Waals surface area contributed by atoms with Crippen LogP contribution in [0.15, 0.2) is 24.3 Å². The second-order valence-electron chi connectivity index (χ2n) is 25.3. The van der Waals surface area contributed by atoms with Crippen molar-refractivity contribution in [1.82, 2.24) is 5.32 Å². The molecule has 0 radical (unpaired) electrons. The normalized spacial score (nSPS) is 13.5. The Morgan fingerprint density at radius 1 is 0.304 bits per heavy atom. The van der Waals surface area contributed by atoms with E-state index in [4.69, 9.17) is 0 Å². The fourth-order valence-corrected chi connectivity index (χ4v) is 11.8. The lowest BCUT2D eigenvalue weighted by Gasteiger charge is -2.27. The van der Waals surface area contributed by atoms with Crippen LogP contribution in [0.25, 0.3) is 0 Å². The summed E-state index contributed by atoms with van der Waals surface area (Å²) in [5.41, 5.74) is 0. The van der Waals surface area contributed by atoms with E-state index in [0.29, 0.717) is 12.8 Å². The van der Waals surface area contributed by atoms with Gasteiger partial charge in [0.15, 0.2) is 0 Å². The molecule has 0 aromatic heterocycles. The minimum atomic E-state index is -1.28. The first kappa shape index (κ1) is 77.8. The van der Waals surface area contributed by atoms with Gasteiger partial charge in [-0.15, -0.1) is 0 Å². The number of hydrogen-bond acceptors (Lipinski definition) is 5. The molecule has 4 atom stereocenters. The number of allylic oxidation sites excluding steroid dienone is 4. The van der Waals surface area contributed by atoms with Crippen molar-refractivity contribution in [3.63, 3.8) is 0 Å². The van der Waals surface area contributed by atoms with Gasteiger partial charge < -0.3 is 25.7 Å². The van der Waals surface area contributed by atoms with Gasteiger partial charge >= 0.3 is 0 Å². The summed E-state index contributed by atoms with van der Waals surface area (Å²) in [4.78, 5) is 12.7. The number of nitrogens with one attached hydrogen (secondary N) is 1. The predicted molar refractivity (Wildman–Crippen MR) is 348 cm³/mol. The van der Waals surface area contributed by atoms with Gasteiger partial charge in [-0.1, -0.05) is 366 Å². The molecule has 0 aliphatic carbocycles. The summed E-state index contributed by atoms with van der Waals surface area (Å²) in [5.74, 6) is -0.585. The van der Waals surface area contributed by atoms with E-state index < -0.39 is 36.9 Å². The maximum Gasteiger partial charge on any atom is 0.249 e. The van der Waals surface area contributed by atoms with E-state index >= 15 is 0 Å². The molecule has 79 heavy (non-hydrogen) atoms. The van der Waals surface area contributed by atoms with Crippen molar-refractivity contribution in [2.24, 2.45) is 0 Å². The van der Waals surface area contributed by atoms with Crippen LogP contribution in [0, 0.1) is 0 Å². The molecule has 0 bridgehead atoms. The molecule has 0 heterocycles. The average Bonchev–Trinajstić information content (AvgIpc) is 3.45. The second-order valence-corrected chi connectivity index (χ2v) is 25.3. The molecule has 0 saturated carbocycles. The molecule has 4 unspecified atom stereocenters. The molecule has 5 N–H and O–H groups in total. The van der Waals surface area contributed by atoms with Crippen LogP contribution in [-0.2, 0) is 4.79 Å². The number of aliphatic hydroxyl groups excluding tert-OH is 4. The van der Waals surface area contributed by atoms with Gasteiger partial charge in [-0.05, 0) is 64.2 Å². The number of carbonyl (C=O) groups excluding carboxylic acids is 1. The van der Waals surface area contributed by atoms with Crippen LogP contribution >= 0.6 is 0 Å².